The van der Waals surface area contributed by atoms with Gasteiger partial charge in [0.05, 0.1) is 6.54 Å². The fourth-order valence-electron chi connectivity index (χ4n) is 3.18. The molecule has 2 rings (SSSR count). The molecule has 0 spiro atoms. The highest BCUT2D eigenvalue weighted by atomic mass is 16.2. The van der Waals surface area contributed by atoms with Crippen LogP contribution in [0.2, 0.25) is 0 Å². The van der Waals surface area contributed by atoms with Crippen LogP contribution in [-0.4, -0.2) is 36.5 Å². The van der Waals surface area contributed by atoms with Gasteiger partial charge in [0.2, 0.25) is 5.91 Å². The second-order valence-electron chi connectivity index (χ2n) is 5.28. The number of piperazine rings is 1. The molecule has 1 saturated carbocycles. The van der Waals surface area contributed by atoms with Crippen LogP contribution in [0, 0.1) is 5.92 Å². The fraction of sp³-hybridized carbons (Fsp3) is 0.923. The third kappa shape index (κ3) is 2.97. The van der Waals surface area contributed by atoms with Gasteiger partial charge in [-0.2, -0.15) is 0 Å². The van der Waals surface area contributed by atoms with Gasteiger partial charge in [0.15, 0.2) is 0 Å². The van der Waals surface area contributed by atoms with Crippen LogP contribution >= 0.6 is 0 Å². The molecule has 0 radical (unpaired) electrons. The van der Waals surface area contributed by atoms with Crippen LogP contribution in [0.5, 0.6) is 0 Å². The predicted octanol–water partition coefficient (Wildman–Crippen LogP) is 1.78. The molecule has 1 aliphatic carbocycles. The minimum Gasteiger partial charge on any atom is -0.354 e. The lowest BCUT2D eigenvalue weighted by Crippen LogP contribution is -2.52. The van der Waals surface area contributed by atoms with Crippen molar-refractivity contribution in [2.24, 2.45) is 5.92 Å². The standard InChI is InChI=1S/C13H24N2O/c1-2-3-11-4-6-12(7-5-11)15-9-8-14-13(16)10-15/h11-12H,2-10H2,1H3,(H,14,16). The first-order valence-electron chi connectivity index (χ1n) is 6.80. The maximum absolute atomic E-state index is 11.3. The molecule has 0 aromatic carbocycles. The summed E-state index contributed by atoms with van der Waals surface area (Å²) in [6.07, 6.45) is 8.07. The Kier molecular flexibility index (Phi) is 4.22. The monoisotopic (exact) mass is 224 g/mol. The molecule has 1 amide bonds. The van der Waals surface area contributed by atoms with Gasteiger partial charge in [0.1, 0.15) is 0 Å². The van der Waals surface area contributed by atoms with Crippen molar-refractivity contribution in [2.75, 3.05) is 19.6 Å². The lowest BCUT2D eigenvalue weighted by Gasteiger charge is -2.38. The minimum absolute atomic E-state index is 0.210. The van der Waals surface area contributed by atoms with Gasteiger partial charge >= 0.3 is 0 Å². The van der Waals surface area contributed by atoms with Gasteiger partial charge < -0.3 is 5.32 Å². The summed E-state index contributed by atoms with van der Waals surface area (Å²) < 4.78 is 0. The summed E-state index contributed by atoms with van der Waals surface area (Å²) in [5.74, 6) is 1.17. The lowest BCUT2D eigenvalue weighted by atomic mass is 9.83. The average molecular weight is 224 g/mol. The van der Waals surface area contributed by atoms with E-state index in [4.69, 9.17) is 0 Å². The zero-order valence-corrected chi connectivity index (χ0v) is 10.4. The van der Waals surface area contributed by atoms with Crippen molar-refractivity contribution >= 4 is 5.91 Å². The highest BCUT2D eigenvalue weighted by Gasteiger charge is 2.28. The first-order valence-corrected chi connectivity index (χ1v) is 6.80. The molecule has 0 atom stereocenters. The third-order valence-electron chi connectivity index (χ3n) is 4.10. The van der Waals surface area contributed by atoms with Crippen LogP contribution in [0.4, 0.5) is 0 Å². The Balaban J connectivity index is 1.77. The van der Waals surface area contributed by atoms with Crippen molar-refractivity contribution < 1.29 is 4.79 Å². The molecular formula is C13H24N2O. The van der Waals surface area contributed by atoms with E-state index in [0.29, 0.717) is 12.6 Å². The van der Waals surface area contributed by atoms with E-state index < -0.39 is 0 Å². The van der Waals surface area contributed by atoms with Crippen molar-refractivity contribution in [3.05, 3.63) is 0 Å². The maximum atomic E-state index is 11.3. The van der Waals surface area contributed by atoms with Crippen LogP contribution in [0.25, 0.3) is 0 Å². The van der Waals surface area contributed by atoms with Gasteiger partial charge in [-0.05, 0) is 31.6 Å². The highest BCUT2D eigenvalue weighted by molar-refractivity contribution is 5.78. The molecule has 2 fully saturated rings. The van der Waals surface area contributed by atoms with Crippen molar-refractivity contribution in [3.63, 3.8) is 0 Å². The van der Waals surface area contributed by atoms with E-state index in [2.05, 4.69) is 17.1 Å². The van der Waals surface area contributed by atoms with Crippen molar-refractivity contribution in [2.45, 2.75) is 51.5 Å². The molecule has 1 saturated heterocycles. The van der Waals surface area contributed by atoms with Crippen LogP contribution in [0.1, 0.15) is 45.4 Å². The summed E-state index contributed by atoms with van der Waals surface area (Å²) in [6, 6.07) is 0.680. The van der Waals surface area contributed by atoms with Gasteiger partial charge in [-0.15, -0.1) is 0 Å². The molecule has 1 aliphatic heterocycles. The van der Waals surface area contributed by atoms with E-state index in [9.17, 15) is 4.79 Å². The zero-order chi connectivity index (χ0) is 11.4. The molecule has 1 N–H and O–H groups in total. The van der Waals surface area contributed by atoms with E-state index in [1.54, 1.807) is 0 Å². The van der Waals surface area contributed by atoms with Crippen molar-refractivity contribution in [1.82, 2.24) is 10.2 Å². The van der Waals surface area contributed by atoms with Gasteiger partial charge in [0, 0.05) is 19.1 Å². The Morgan fingerprint density at radius 2 is 2.06 bits per heavy atom. The SMILES string of the molecule is CCCC1CCC(N2CCNC(=O)C2)CC1. The number of hydrogen-bond donors (Lipinski definition) is 1. The molecule has 92 valence electrons. The minimum atomic E-state index is 0.210. The van der Waals surface area contributed by atoms with E-state index in [1.807, 2.05) is 0 Å². The second kappa shape index (κ2) is 5.67. The summed E-state index contributed by atoms with van der Waals surface area (Å²) in [5, 5.41) is 2.90. The number of amides is 1. The number of carbonyl (C=O) groups is 1. The van der Waals surface area contributed by atoms with Gasteiger partial charge in [-0.1, -0.05) is 19.8 Å². The quantitative estimate of drug-likeness (QED) is 0.792. The van der Waals surface area contributed by atoms with Crippen molar-refractivity contribution in [1.29, 1.82) is 0 Å². The van der Waals surface area contributed by atoms with E-state index in [1.165, 1.54) is 38.5 Å². The normalized spacial score (nSPS) is 32.4. The molecule has 0 aromatic heterocycles. The van der Waals surface area contributed by atoms with Crippen LogP contribution in [0.3, 0.4) is 0 Å². The van der Waals surface area contributed by atoms with Crippen LogP contribution in [0.15, 0.2) is 0 Å². The molecule has 2 aliphatic rings. The van der Waals surface area contributed by atoms with E-state index in [-0.39, 0.29) is 5.91 Å². The number of rotatable bonds is 3. The largest absolute Gasteiger partial charge is 0.354 e. The summed E-state index contributed by atoms with van der Waals surface area (Å²) >= 11 is 0. The number of nitrogens with zero attached hydrogens (tertiary/aromatic N) is 1. The number of carbonyl (C=O) groups excluding carboxylic acids is 1. The molecule has 0 bridgehead atoms. The Bertz CT molecular complexity index is 234. The van der Waals surface area contributed by atoms with Crippen molar-refractivity contribution in [3.8, 4) is 0 Å². The fourth-order valence-corrected chi connectivity index (χ4v) is 3.18. The summed E-state index contributed by atoms with van der Waals surface area (Å²) in [7, 11) is 0. The first-order chi connectivity index (χ1) is 7.79. The average Bonchev–Trinajstić information content (AvgIpc) is 2.30. The maximum Gasteiger partial charge on any atom is 0.234 e. The van der Waals surface area contributed by atoms with E-state index in [0.717, 1.165) is 19.0 Å². The lowest BCUT2D eigenvalue weighted by molar-refractivity contribution is -0.125. The summed E-state index contributed by atoms with van der Waals surface area (Å²) in [5.41, 5.74) is 0. The molecule has 3 nitrogen and oxygen atoms in total. The Morgan fingerprint density at radius 1 is 1.31 bits per heavy atom. The number of hydrogen-bond acceptors (Lipinski definition) is 2. The molecular weight excluding hydrogens is 200 g/mol. The van der Waals surface area contributed by atoms with Gasteiger partial charge in [-0.3, -0.25) is 9.69 Å². The predicted molar refractivity (Wildman–Crippen MR) is 65.2 cm³/mol. The smallest absolute Gasteiger partial charge is 0.234 e. The second-order valence-corrected chi connectivity index (χ2v) is 5.28. The summed E-state index contributed by atoms with van der Waals surface area (Å²) in [4.78, 5) is 13.7. The van der Waals surface area contributed by atoms with Gasteiger partial charge in [0.25, 0.3) is 0 Å². The van der Waals surface area contributed by atoms with E-state index >= 15 is 0 Å². The molecule has 0 unspecified atom stereocenters. The first kappa shape index (κ1) is 11.9. The molecule has 3 heteroatoms. The topological polar surface area (TPSA) is 32.3 Å². The Labute approximate surface area is 98.6 Å². The molecule has 16 heavy (non-hydrogen) atoms. The Morgan fingerprint density at radius 3 is 2.69 bits per heavy atom. The third-order valence-corrected chi connectivity index (χ3v) is 4.10. The molecule has 1 heterocycles. The number of nitrogens with one attached hydrogen (secondary N) is 1. The summed E-state index contributed by atoms with van der Waals surface area (Å²) in [6.45, 7) is 4.80. The highest BCUT2D eigenvalue weighted by Crippen LogP contribution is 2.30. The van der Waals surface area contributed by atoms with Crippen LogP contribution in [-0.2, 0) is 4.79 Å². The Hall–Kier alpha value is -0.570. The van der Waals surface area contributed by atoms with Gasteiger partial charge in [-0.25, -0.2) is 0 Å². The zero-order valence-electron chi connectivity index (χ0n) is 10.4. The molecule has 0 aromatic rings. The van der Waals surface area contributed by atoms with Crippen LogP contribution < -0.4 is 5.32 Å².